The van der Waals surface area contributed by atoms with Crippen molar-refractivity contribution in [3.63, 3.8) is 0 Å². The summed E-state index contributed by atoms with van der Waals surface area (Å²) in [5.74, 6) is 3.80. The molecule has 4 rings (SSSR count). The quantitative estimate of drug-likeness (QED) is 0.676. The molecule has 29 heavy (non-hydrogen) atoms. The molecule has 1 aliphatic carbocycles. The summed E-state index contributed by atoms with van der Waals surface area (Å²) < 4.78 is 11.5. The van der Waals surface area contributed by atoms with Crippen LogP contribution in [0, 0.1) is 23.7 Å². The third kappa shape index (κ3) is 4.96. The zero-order valence-corrected chi connectivity index (χ0v) is 17.9. The third-order valence-corrected chi connectivity index (χ3v) is 6.57. The Kier molecular flexibility index (Phi) is 6.46. The second kappa shape index (κ2) is 9.23. The lowest BCUT2D eigenvalue weighted by Gasteiger charge is -2.40. The van der Waals surface area contributed by atoms with Gasteiger partial charge in [-0.15, -0.1) is 10.2 Å². The zero-order valence-electron chi connectivity index (χ0n) is 17.9. The van der Waals surface area contributed by atoms with Crippen molar-refractivity contribution in [3.05, 3.63) is 47.9 Å². The Bertz CT molecular complexity index is 809. The lowest BCUT2D eigenvalue weighted by Crippen LogP contribution is -2.42. The van der Waals surface area contributed by atoms with Gasteiger partial charge in [-0.05, 0) is 49.1 Å². The number of rotatable bonds is 6. The number of hydrogen-bond acceptors (Lipinski definition) is 5. The average Bonchev–Trinajstić information content (AvgIpc) is 3.20. The van der Waals surface area contributed by atoms with Crippen molar-refractivity contribution < 1.29 is 9.15 Å². The molecule has 1 aromatic carbocycles. The van der Waals surface area contributed by atoms with Crippen LogP contribution < -0.4 is 0 Å². The molecule has 3 unspecified atom stereocenters. The van der Waals surface area contributed by atoms with Crippen LogP contribution in [-0.2, 0) is 11.2 Å². The van der Waals surface area contributed by atoms with Crippen LogP contribution in [0.15, 0.2) is 46.4 Å². The molecule has 1 aliphatic heterocycles. The van der Waals surface area contributed by atoms with Crippen molar-refractivity contribution in [1.82, 2.24) is 15.1 Å². The van der Waals surface area contributed by atoms with E-state index in [2.05, 4.69) is 41.9 Å². The molecule has 2 heterocycles. The van der Waals surface area contributed by atoms with Crippen LogP contribution in [0.3, 0.4) is 0 Å². The fourth-order valence-corrected chi connectivity index (χ4v) is 4.81. The van der Waals surface area contributed by atoms with E-state index in [1.807, 2.05) is 30.3 Å². The fourth-order valence-electron chi connectivity index (χ4n) is 4.81. The highest BCUT2D eigenvalue weighted by atomic mass is 16.5. The van der Waals surface area contributed by atoms with E-state index in [-0.39, 0.29) is 0 Å². The van der Waals surface area contributed by atoms with Crippen molar-refractivity contribution in [3.8, 4) is 11.5 Å². The molecule has 2 aromatic rings. The first-order valence-corrected chi connectivity index (χ1v) is 11.0. The molecular formula is C24H33N3O2. The van der Waals surface area contributed by atoms with E-state index in [1.165, 1.54) is 12.0 Å². The van der Waals surface area contributed by atoms with Crippen LogP contribution in [0.1, 0.15) is 33.1 Å². The van der Waals surface area contributed by atoms with Gasteiger partial charge < -0.3 is 9.15 Å². The van der Waals surface area contributed by atoms with Crippen LogP contribution in [-0.4, -0.2) is 47.9 Å². The Balaban J connectivity index is 1.45. The van der Waals surface area contributed by atoms with Gasteiger partial charge in [0.05, 0.1) is 13.2 Å². The first-order valence-electron chi connectivity index (χ1n) is 11.0. The maximum atomic E-state index is 5.99. The van der Waals surface area contributed by atoms with Crippen molar-refractivity contribution in [1.29, 1.82) is 0 Å². The summed E-state index contributed by atoms with van der Waals surface area (Å²) in [4.78, 5) is 2.57. The molecule has 1 fully saturated rings. The Morgan fingerprint density at radius 1 is 1.10 bits per heavy atom. The van der Waals surface area contributed by atoms with E-state index in [0.29, 0.717) is 29.6 Å². The second-order valence-corrected chi connectivity index (χ2v) is 8.90. The van der Waals surface area contributed by atoms with Gasteiger partial charge in [0.1, 0.15) is 0 Å². The van der Waals surface area contributed by atoms with Crippen LogP contribution in [0.2, 0.25) is 0 Å². The molecule has 0 bridgehead atoms. The molecule has 0 N–H and O–H groups in total. The van der Waals surface area contributed by atoms with E-state index in [9.17, 15) is 0 Å². The predicted octanol–water partition coefficient (Wildman–Crippen LogP) is 4.47. The lowest BCUT2D eigenvalue weighted by molar-refractivity contribution is 0.0256. The summed E-state index contributed by atoms with van der Waals surface area (Å²) in [7, 11) is 0. The summed E-state index contributed by atoms with van der Waals surface area (Å²) in [5, 5.41) is 8.61. The molecule has 1 saturated heterocycles. The Morgan fingerprint density at radius 3 is 2.59 bits per heavy atom. The van der Waals surface area contributed by atoms with E-state index in [4.69, 9.17) is 9.15 Å². The highest BCUT2D eigenvalue weighted by Crippen LogP contribution is 2.39. The van der Waals surface area contributed by atoms with Crippen LogP contribution in [0.4, 0.5) is 0 Å². The molecule has 0 spiro atoms. The van der Waals surface area contributed by atoms with Crippen molar-refractivity contribution in [2.45, 2.75) is 33.6 Å². The molecule has 3 atom stereocenters. The fraction of sp³-hybridized carbons (Fsp3) is 0.583. The van der Waals surface area contributed by atoms with Gasteiger partial charge in [0.2, 0.25) is 11.8 Å². The van der Waals surface area contributed by atoms with Crippen molar-refractivity contribution >= 4 is 0 Å². The monoisotopic (exact) mass is 395 g/mol. The molecule has 1 aromatic heterocycles. The minimum absolute atomic E-state index is 0.479. The summed E-state index contributed by atoms with van der Waals surface area (Å²) in [5.41, 5.74) is 2.45. The van der Waals surface area contributed by atoms with Gasteiger partial charge in [-0.3, -0.25) is 4.90 Å². The number of aromatic nitrogens is 2. The summed E-state index contributed by atoms with van der Waals surface area (Å²) >= 11 is 0. The SMILES string of the molecule is CC1=CC(CN2CCOCC2)C(C(C)C)CC1Cc1nnc(-c2ccccc2)o1. The number of allylic oxidation sites excluding steroid dienone is 1. The molecular weight excluding hydrogens is 362 g/mol. The summed E-state index contributed by atoms with van der Waals surface area (Å²) in [6.45, 7) is 12.0. The van der Waals surface area contributed by atoms with Gasteiger partial charge in [0.25, 0.3) is 0 Å². The largest absolute Gasteiger partial charge is 0.421 e. The van der Waals surface area contributed by atoms with Gasteiger partial charge in [0, 0.05) is 31.6 Å². The normalized spacial score (nSPS) is 25.9. The van der Waals surface area contributed by atoms with Gasteiger partial charge in [-0.25, -0.2) is 0 Å². The van der Waals surface area contributed by atoms with Gasteiger partial charge in [-0.1, -0.05) is 43.7 Å². The minimum atomic E-state index is 0.479. The highest BCUT2D eigenvalue weighted by molar-refractivity contribution is 5.51. The summed E-state index contributed by atoms with van der Waals surface area (Å²) in [6.07, 6.45) is 4.55. The van der Waals surface area contributed by atoms with Crippen molar-refractivity contribution in [2.75, 3.05) is 32.8 Å². The van der Waals surface area contributed by atoms with Crippen molar-refractivity contribution in [2.24, 2.45) is 23.7 Å². The standard InChI is InChI=1S/C24H33N3O2/c1-17(2)22-14-20(18(3)13-21(22)16-27-9-11-28-12-10-27)15-23-25-26-24(29-23)19-7-5-4-6-8-19/h4-8,13,17,20-22H,9-12,14-16H2,1-3H3. The van der Waals surface area contributed by atoms with E-state index in [1.54, 1.807) is 0 Å². The second-order valence-electron chi connectivity index (χ2n) is 8.90. The van der Waals surface area contributed by atoms with E-state index >= 15 is 0 Å². The predicted molar refractivity (Wildman–Crippen MR) is 114 cm³/mol. The van der Waals surface area contributed by atoms with Gasteiger partial charge in [-0.2, -0.15) is 0 Å². The van der Waals surface area contributed by atoms with Crippen LogP contribution in [0.25, 0.3) is 11.5 Å². The maximum absolute atomic E-state index is 5.99. The first kappa shape index (κ1) is 20.3. The first-order chi connectivity index (χ1) is 14.1. The Hall–Kier alpha value is -1.98. The van der Waals surface area contributed by atoms with Gasteiger partial charge >= 0.3 is 0 Å². The lowest BCUT2D eigenvalue weighted by atomic mass is 9.69. The van der Waals surface area contributed by atoms with Gasteiger partial charge in [0.15, 0.2) is 0 Å². The molecule has 0 saturated carbocycles. The smallest absolute Gasteiger partial charge is 0.247 e. The number of ether oxygens (including phenoxy) is 1. The molecule has 5 nitrogen and oxygen atoms in total. The topological polar surface area (TPSA) is 51.4 Å². The number of hydrogen-bond donors (Lipinski definition) is 0. The average molecular weight is 396 g/mol. The molecule has 5 heteroatoms. The maximum Gasteiger partial charge on any atom is 0.247 e. The van der Waals surface area contributed by atoms with E-state index < -0.39 is 0 Å². The highest BCUT2D eigenvalue weighted by Gasteiger charge is 2.33. The third-order valence-electron chi connectivity index (χ3n) is 6.57. The minimum Gasteiger partial charge on any atom is -0.421 e. The number of nitrogens with zero attached hydrogens (tertiary/aromatic N) is 3. The Morgan fingerprint density at radius 2 is 1.86 bits per heavy atom. The summed E-state index contributed by atoms with van der Waals surface area (Å²) in [6, 6.07) is 10.0. The molecule has 0 amide bonds. The zero-order chi connectivity index (χ0) is 20.2. The number of morpholine rings is 1. The van der Waals surface area contributed by atoms with E-state index in [0.717, 1.165) is 50.7 Å². The number of benzene rings is 1. The Labute approximate surface area is 174 Å². The van der Waals surface area contributed by atoms with Crippen LogP contribution >= 0.6 is 0 Å². The molecule has 0 radical (unpaired) electrons. The molecule has 156 valence electrons. The molecule has 2 aliphatic rings. The van der Waals surface area contributed by atoms with Crippen LogP contribution in [0.5, 0.6) is 0 Å².